The van der Waals surface area contributed by atoms with E-state index >= 15 is 0 Å². The molecule has 0 aliphatic heterocycles. The summed E-state index contributed by atoms with van der Waals surface area (Å²) in [7, 11) is -3.97. The van der Waals surface area contributed by atoms with Crippen molar-refractivity contribution in [1.82, 2.24) is 0 Å². The van der Waals surface area contributed by atoms with Gasteiger partial charge in [-0.15, -0.1) is 0 Å². The third-order valence-electron chi connectivity index (χ3n) is 2.12. The van der Waals surface area contributed by atoms with Gasteiger partial charge in [0.25, 0.3) is 0 Å². The van der Waals surface area contributed by atoms with E-state index in [1.165, 1.54) is 0 Å². The minimum Gasteiger partial charge on any atom is -0.327 e. The predicted octanol–water partition coefficient (Wildman–Crippen LogP) is 1.12. The van der Waals surface area contributed by atoms with Crippen molar-refractivity contribution in [2.45, 2.75) is 18.9 Å². The van der Waals surface area contributed by atoms with Crippen molar-refractivity contribution in [3.63, 3.8) is 0 Å². The fourth-order valence-corrected chi connectivity index (χ4v) is 2.19. The molecule has 0 aliphatic rings. The molecule has 0 bridgehead atoms. The monoisotopic (exact) mass is 229 g/mol. The third-order valence-corrected chi connectivity index (χ3v) is 3.06. The van der Waals surface area contributed by atoms with Gasteiger partial charge in [0.05, 0.1) is 6.16 Å². The average Bonchev–Trinajstić information content (AvgIpc) is 2.14. The van der Waals surface area contributed by atoms with E-state index in [4.69, 9.17) is 15.5 Å². The zero-order valence-electron chi connectivity index (χ0n) is 8.41. The summed E-state index contributed by atoms with van der Waals surface area (Å²) in [6.45, 7) is 0. The van der Waals surface area contributed by atoms with Crippen molar-refractivity contribution in [2.24, 2.45) is 5.73 Å². The Morgan fingerprint density at radius 1 is 1.27 bits per heavy atom. The molecular weight excluding hydrogens is 213 g/mol. The molecule has 0 saturated carbocycles. The number of benzene rings is 1. The van der Waals surface area contributed by atoms with Gasteiger partial charge < -0.3 is 15.5 Å². The van der Waals surface area contributed by atoms with Crippen molar-refractivity contribution >= 4 is 7.60 Å². The van der Waals surface area contributed by atoms with Gasteiger partial charge in [-0.05, 0) is 18.4 Å². The Balaban J connectivity index is 2.35. The summed E-state index contributed by atoms with van der Waals surface area (Å²) in [6.07, 6.45) is 1.11. The number of hydrogen-bond donors (Lipinski definition) is 3. The van der Waals surface area contributed by atoms with Gasteiger partial charge in [0.15, 0.2) is 0 Å². The highest BCUT2D eigenvalue weighted by Gasteiger charge is 2.17. The van der Waals surface area contributed by atoms with Gasteiger partial charge in [0.1, 0.15) is 0 Å². The number of nitrogens with two attached hydrogens (primary N) is 1. The molecule has 15 heavy (non-hydrogen) atoms. The predicted molar refractivity (Wildman–Crippen MR) is 59.6 cm³/mol. The SMILES string of the molecule is NC(CCc1ccccc1)CP(=O)(O)O. The molecule has 0 amide bonds. The summed E-state index contributed by atoms with van der Waals surface area (Å²) in [6, 6.07) is 9.31. The summed E-state index contributed by atoms with van der Waals surface area (Å²) in [5.74, 6) is 0. The highest BCUT2D eigenvalue weighted by molar-refractivity contribution is 7.51. The zero-order valence-corrected chi connectivity index (χ0v) is 9.31. The first kappa shape index (κ1) is 12.4. The van der Waals surface area contributed by atoms with Crippen LogP contribution < -0.4 is 5.73 Å². The van der Waals surface area contributed by atoms with Crippen molar-refractivity contribution < 1.29 is 14.4 Å². The van der Waals surface area contributed by atoms with Gasteiger partial charge in [-0.1, -0.05) is 30.3 Å². The lowest BCUT2D eigenvalue weighted by molar-refractivity contribution is 0.367. The van der Waals surface area contributed by atoms with Crippen LogP contribution in [0, 0.1) is 0 Å². The second kappa shape index (κ2) is 5.42. The Morgan fingerprint density at radius 2 is 1.87 bits per heavy atom. The summed E-state index contributed by atoms with van der Waals surface area (Å²) < 4.78 is 10.7. The minimum atomic E-state index is -3.97. The standard InChI is InChI=1S/C10H16NO3P/c11-10(8-15(12,13)14)7-6-9-4-2-1-3-5-9/h1-5,10H,6-8,11H2,(H2,12,13,14). The molecule has 1 unspecified atom stereocenters. The topological polar surface area (TPSA) is 83.6 Å². The van der Waals surface area contributed by atoms with Crippen LogP contribution in [0.2, 0.25) is 0 Å². The van der Waals surface area contributed by atoms with Gasteiger partial charge in [-0.3, -0.25) is 4.57 Å². The van der Waals surface area contributed by atoms with Gasteiger partial charge >= 0.3 is 7.60 Å². The largest absolute Gasteiger partial charge is 0.327 e. The summed E-state index contributed by atoms with van der Waals surface area (Å²) in [5.41, 5.74) is 6.75. The van der Waals surface area contributed by atoms with Crippen molar-refractivity contribution in [2.75, 3.05) is 6.16 Å². The molecule has 0 fully saturated rings. The molecule has 4 N–H and O–H groups in total. The molecule has 0 spiro atoms. The smallest absolute Gasteiger partial charge is 0.327 e. The Bertz CT molecular complexity index is 336. The molecule has 0 saturated heterocycles. The quantitative estimate of drug-likeness (QED) is 0.661. The van der Waals surface area contributed by atoms with Crippen LogP contribution in [0.15, 0.2) is 30.3 Å². The molecule has 84 valence electrons. The zero-order chi connectivity index (χ0) is 11.3. The van der Waals surface area contributed by atoms with Gasteiger partial charge in [-0.2, -0.15) is 0 Å². The van der Waals surface area contributed by atoms with Crippen LogP contribution in [0.3, 0.4) is 0 Å². The first-order chi connectivity index (χ1) is 6.97. The molecule has 1 atom stereocenters. The lowest BCUT2D eigenvalue weighted by Crippen LogP contribution is -2.25. The first-order valence-corrected chi connectivity index (χ1v) is 6.61. The molecule has 4 nitrogen and oxygen atoms in total. The van der Waals surface area contributed by atoms with Crippen LogP contribution in [0.25, 0.3) is 0 Å². The van der Waals surface area contributed by atoms with Crippen molar-refractivity contribution in [3.8, 4) is 0 Å². The van der Waals surface area contributed by atoms with E-state index in [0.717, 1.165) is 12.0 Å². The summed E-state index contributed by atoms with van der Waals surface area (Å²) in [4.78, 5) is 17.4. The third kappa shape index (κ3) is 5.70. The summed E-state index contributed by atoms with van der Waals surface area (Å²) >= 11 is 0. The van der Waals surface area contributed by atoms with E-state index in [9.17, 15) is 4.57 Å². The van der Waals surface area contributed by atoms with Gasteiger partial charge in [0, 0.05) is 6.04 Å². The van der Waals surface area contributed by atoms with Crippen LogP contribution in [-0.2, 0) is 11.0 Å². The fourth-order valence-electron chi connectivity index (χ4n) is 1.39. The number of rotatable bonds is 5. The number of hydrogen-bond acceptors (Lipinski definition) is 2. The maximum Gasteiger partial charge on any atom is 0.327 e. The normalized spacial score (nSPS) is 13.8. The molecule has 0 heterocycles. The van der Waals surface area contributed by atoms with Crippen LogP contribution in [0.4, 0.5) is 0 Å². The number of aryl methyl sites for hydroxylation is 1. The van der Waals surface area contributed by atoms with Crippen LogP contribution in [0.1, 0.15) is 12.0 Å². The van der Waals surface area contributed by atoms with Crippen LogP contribution >= 0.6 is 7.60 Å². The highest BCUT2D eigenvalue weighted by atomic mass is 31.2. The molecule has 1 aromatic carbocycles. The highest BCUT2D eigenvalue weighted by Crippen LogP contribution is 2.35. The molecule has 0 radical (unpaired) electrons. The maximum absolute atomic E-state index is 10.7. The lowest BCUT2D eigenvalue weighted by Gasteiger charge is -2.12. The van der Waals surface area contributed by atoms with Crippen LogP contribution in [-0.4, -0.2) is 22.0 Å². The van der Waals surface area contributed by atoms with E-state index in [-0.39, 0.29) is 6.16 Å². The van der Waals surface area contributed by atoms with Crippen LogP contribution in [0.5, 0.6) is 0 Å². The Labute approximate surface area is 89.3 Å². The van der Waals surface area contributed by atoms with E-state index in [2.05, 4.69) is 0 Å². The van der Waals surface area contributed by atoms with E-state index in [1.807, 2.05) is 30.3 Å². The summed E-state index contributed by atoms with van der Waals surface area (Å²) in [5, 5.41) is 0. The molecular formula is C10H16NO3P. The molecule has 5 heteroatoms. The van der Waals surface area contributed by atoms with E-state index in [1.54, 1.807) is 0 Å². The Kier molecular flexibility index (Phi) is 4.48. The Morgan fingerprint density at radius 3 is 2.40 bits per heavy atom. The molecule has 0 aliphatic carbocycles. The van der Waals surface area contributed by atoms with Gasteiger partial charge in [0.2, 0.25) is 0 Å². The van der Waals surface area contributed by atoms with Crippen molar-refractivity contribution in [1.29, 1.82) is 0 Å². The molecule has 0 aromatic heterocycles. The van der Waals surface area contributed by atoms with E-state index in [0.29, 0.717) is 6.42 Å². The fraction of sp³-hybridized carbons (Fsp3) is 0.400. The van der Waals surface area contributed by atoms with Gasteiger partial charge in [-0.25, -0.2) is 0 Å². The minimum absolute atomic E-state index is 0.236. The molecule has 1 aromatic rings. The van der Waals surface area contributed by atoms with E-state index < -0.39 is 13.6 Å². The second-order valence-corrected chi connectivity index (χ2v) is 5.33. The Hall–Kier alpha value is -0.670. The first-order valence-electron chi connectivity index (χ1n) is 4.81. The van der Waals surface area contributed by atoms with Crippen molar-refractivity contribution in [3.05, 3.63) is 35.9 Å². The second-order valence-electron chi connectivity index (χ2n) is 3.63. The average molecular weight is 229 g/mol. The maximum atomic E-state index is 10.7. The molecule has 1 rings (SSSR count). The lowest BCUT2D eigenvalue weighted by atomic mass is 10.1.